The predicted octanol–water partition coefficient (Wildman–Crippen LogP) is 14.9. The number of hydrogen-bond acceptors (Lipinski definition) is 5. The highest BCUT2D eigenvalue weighted by molar-refractivity contribution is 5.76. The van der Waals surface area contributed by atoms with Crippen LogP contribution in [0.15, 0.2) is 36.5 Å². The van der Waals surface area contributed by atoms with Gasteiger partial charge in [-0.15, -0.1) is 0 Å². The number of esters is 1. The molecule has 0 aliphatic heterocycles. The molecule has 0 saturated heterocycles. The molecular weight excluding hydrogens is 719 g/mol. The molecular formula is C52H97NO5. The first-order valence-electron chi connectivity index (χ1n) is 25.2. The van der Waals surface area contributed by atoms with Crippen LogP contribution >= 0.6 is 0 Å². The van der Waals surface area contributed by atoms with Gasteiger partial charge in [0.05, 0.1) is 25.4 Å². The summed E-state index contributed by atoms with van der Waals surface area (Å²) >= 11 is 0. The first-order valence-corrected chi connectivity index (χ1v) is 25.2. The van der Waals surface area contributed by atoms with Gasteiger partial charge in [-0.2, -0.15) is 0 Å². The summed E-state index contributed by atoms with van der Waals surface area (Å²) < 4.78 is 5.44. The van der Waals surface area contributed by atoms with Crippen molar-refractivity contribution in [1.82, 2.24) is 5.32 Å². The molecule has 3 N–H and O–H groups in total. The van der Waals surface area contributed by atoms with Gasteiger partial charge < -0.3 is 20.3 Å². The summed E-state index contributed by atoms with van der Waals surface area (Å²) in [6.07, 6.45) is 56.9. The van der Waals surface area contributed by atoms with Crippen LogP contribution in [0.3, 0.4) is 0 Å². The lowest BCUT2D eigenvalue weighted by Gasteiger charge is -2.22. The summed E-state index contributed by atoms with van der Waals surface area (Å²) in [6, 6.07) is -0.585. The van der Waals surface area contributed by atoms with Gasteiger partial charge in [-0.3, -0.25) is 9.59 Å². The highest BCUT2D eigenvalue weighted by Gasteiger charge is 2.19. The molecule has 0 aromatic rings. The minimum Gasteiger partial charge on any atom is -0.466 e. The Hall–Kier alpha value is -1.92. The topological polar surface area (TPSA) is 95.9 Å². The van der Waals surface area contributed by atoms with E-state index >= 15 is 0 Å². The van der Waals surface area contributed by atoms with Gasteiger partial charge in [-0.1, -0.05) is 211 Å². The van der Waals surface area contributed by atoms with Crippen LogP contribution in [0.5, 0.6) is 0 Å². The molecule has 6 heteroatoms. The zero-order chi connectivity index (χ0) is 42.3. The number of hydrogen-bond donors (Lipinski definition) is 3. The zero-order valence-electron chi connectivity index (χ0n) is 38.5. The lowest BCUT2D eigenvalue weighted by molar-refractivity contribution is -0.143. The fourth-order valence-corrected chi connectivity index (χ4v) is 7.51. The van der Waals surface area contributed by atoms with E-state index in [0.717, 1.165) is 51.4 Å². The Kier molecular flexibility index (Phi) is 46.2. The monoisotopic (exact) mass is 816 g/mol. The molecule has 0 aliphatic rings. The average molecular weight is 816 g/mol. The van der Waals surface area contributed by atoms with E-state index in [1.807, 2.05) is 6.08 Å². The van der Waals surface area contributed by atoms with E-state index in [0.29, 0.717) is 32.3 Å². The van der Waals surface area contributed by atoms with Crippen molar-refractivity contribution in [3.05, 3.63) is 36.5 Å². The molecule has 1 amide bonds. The standard InChI is InChI=1S/C52H97NO5/c1-3-5-7-9-11-13-15-17-18-21-24-28-32-36-40-44-50(55)49(48-54)53-51(56)45-41-37-33-29-25-22-19-23-27-31-35-39-43-47-58-52(57)46-42-38-34-30-26-20-16-14-12-10-8-6-4-2/h14,16,22,25,33,37,49-50,54-55H,3-13,15,17-21,23-24,26-32,34-36,38-48H2,1-2H3,(H,53,56)/b16-14-,25-22-,37-33-. The molecule has 340 valence electrons. The maximum Gasteiger partial charge on any atom is 0.305 e. The molecule has 0 bridgehead atoms. The fourth-order valence-electron chi connectivity index (χ4n) is 7.51. The normalized spacial score (nSPS) is 13.0. The highest BCUT2D eigenvalue weighted by atomic mass is 16.5. The molecule has 2 atom stereocenters. The lowest BCUT2D eigenvalue weighted by Crippen LogP contribution is -2.45. The van der Waals surface area contributed by atoms with Gasteiger partial charge in [-0.25, -0.2) is 0 Å². The average Bonchev–Trinajstić information content (AvgIpc) is 3.22. The van der Waals surface area contributed by atoms with Crippen LogP contribution in [-0.2, 0) is 14.3 Å². The van der Waals surface area contributed by atoms with Gasteiger partial charge in [0.2, 0.25) is 5.91 Å². The third-order valence-electron chi connectivity index (χ3n) is 11.4. The Bertz CT molecular complexity index is 946. The first kappa shape index (κ1) is 56.1. The molecule has 6 nitrogen and oxygen atoms in total. The van der Waals surface area contributed by atoms with E-state index < -0.39 is 12.1 Å². The second-order valence-corrected chi connectivity index (χ2v) is 17.1. The van der Waals surface area contributed by atoms with E-state index in [1.165, 1.54) is 167 Å². The number of rotatable bonds is 46. The molecule has 0 aliphatic carbocycles. The third-order valence-corrected chi connectivity index (χ3v) is 11.4. The van der Waals surface area contributed by atoms with E-state index in [4.69, 9.17) is 4.74 Å². The Morgan fingerprint density at radius 1 is 0.483 bits per heavy atom. The molecule has 0 saturated carbocycles. The van der Waals surface area contributed by atoms with E-state index in [1.54, 1.807) is 0 Å². The molecule has 0 rings (SSSR count). The third kappa shape index (κ3) is 43.7. The van der Waals surface area contributed by atoms with Gasteiger partial charge in [0, 0.05) is 12.8 Å². The molecule has 0 heterocycles. The Morgan fingerprint density at radius 3 is 1.38 bits per heavy atom. The number of aliphatic hydroxyl groups is 2. The maximum atomic E-state index is 12.4. The molecule has 2 unspecified atom stereocenters. The van der Waals surface area contributed by atoms with Crippen LogP contribution in [0, 0.1) is 0 Å². The van der Waals surface area contributed by atoms with Gasteiger partial charge in [0.15, 0.2) is 0 Å². The molecule has 58 heavy (non-hydrogen) atoms. The van der Waals surface area contributed by atoms with Crippen molar-refractivity contribution < 1.29 is 24.5 Å². The van der Waals surface area contributed by atoms with Crippen LogP contribution in [0.25, 0.3) is 0 Å². The Morgan fingerprint density at radius 2 is 0.879 bits per heavy atom. The SMILES string of the molecule is CCCCCC/C=C\CCCCCCCC(=O)OCCCCCCCC/C=C\C/C=C\CCC(=O)NC(CO)C(O)CCCCCCCCCCCCCCCCC. The van der Waals surface area contributed by atoms with Gasteiger partial charge >= 0.3 is 5.97 Å². The second kappa shape index (κ2) is 47.8. The van der Waals surface area contributed by atoms with Crippen molar-refractivity contribution in [2.45, 2.75) is 270 Å². The van der Waals surface area contributed by atoms with E-state index in [2.05, 4.69) is 49.5 Å². The summed E-state index contributed by atoms with van der Waals surface area (Å²) in [5.74, 6) is -0.143. The number of nitrogens with one attached hydrogen (secondary N) is 1. The lowest BCUT2D eigenvalue weighted by atomic mass is 10.0. The number of amides is 1. The van der Waals surface area contributed by atoms with E-state index in [9.17, 15) is 19.8 Å². The number of carbonyl (C=O) groups excluding carboxylic acids is 2. The first-order chi connectivity index (χ1) is 28.5. The maximum absolute atomic E-state index is 12.4. The van der Waals surface area contributed by atoms with Crippen LogP contribution in [0.2, 0.25) is 0 Å². The predicted molar refractivity (Wildman–Crippen MR) is 250 cm³/mol. The number of ether oxygens (including phenoxy) is 1. The summed E-state index contributed by atoms with van der Waals surface area (Å²) in [5.41, 5.74) is 0. The van der Waals surface area contributed by atoms with Crippen molar-refractivity contribution in [3.8, 4) is 0 Å². The van der Waals surface area contributed by atoms with Crippen molar-refractivity contribution in [2.75, 3.05) is 13.2 Å². The summed E-state index contributed by atoms with van der Waals surface area (Å²) in [5, 5.41) is 23.1. The molecule has 0 aromatic carbocycles. The smallest absolute Gasteiger partial charge is 0.305 e. The highest BCUT2D eigenvalue weighted by Crippen LogP contribution is 2.16. The number of unbranched alkanes of at least 4 members (excludes halogenated alkanes) is 29. The minimum absolute atomic E-state index is 0.0268. The molecule has 0 radical (unpaired) electrons. The quantitative estimate of drug-likeness (QED) is 0.0323. The molecule has 0 fully saturated rings. The van der Waals surface area contributed by atoms with Gasteiger partial charge in [0.1, 0.15) is 0 Å². The van der Waals surface area contributed by atoms with Crippen molar-refractivity contribution in [2.24, 2.45) is 0 Å². The van der Waals surface area contributed by atoms with Crippen LogP contribution in [-0.4, -0.2) is 47.4 Å². The largest absolute Gasteiger partial charge is 0.466 e. The number of allylic oxidation sites excluding steroid dienone is 6. The molecule has 0 aromatic heterocycles. The molecule has 0 spiro atoms. The Labute approximate surface area is 360 Å². The zero-order valence-corrected chi connectivity index (χ0v) is 38.5. The Balaban J connectivity index is 3.57. The van der Waals surface area contributed by atoms with E-state index in [-0.39, 0.29) is 18.5 Å². The van der Waals surface area contributed by atoms with Crippen molar-refractivity contribution in [1.29, 1.82) is 0 Å². The van der Waals surface area contributed by atoms with Gasteiger partial charge in [-0.05, 0) is 70.6 Å². The minimum atomic E-state index is -0.699. The summed E-state index contributed by atoms with van der Waals surface area (Å²) in [6.45, 7) is 4.86. The van der Waals surface area contributed by atoms with Crippen molar-refractivity contribution in [3.63, 3.8) is 0 Å². The number of carbonyl (C=O) groups is 2. The second-order valence-electron chi connectivity index (χ2n) is 17.1. The summed E-state index contributed by atoms with van der Waals surface area (Å²) in [7, 11) is 0. The van der Waals surface area contributed by atoms with Gasteiger partial charge in [0.25, 0.3) is 0 Å². The van der Waals surface area contributed by atoms with Crippen LogP contribution in [0.4, 0.5) is 0 Å². The number of aliphatic hydroxyl groups excluding tert-OH is 2. The fraction of sp³-hybridized carbons (Fsp3) is 0.846. The van der Waals surface area contributed by atoms with Crippen LogP contribution in [0.1, 0.15) is 258 Å². The van der Waals surface area contributed by atoms with Crippen LogP contribution < -0.4 is 5.32 Å². The summed E-state index contributed by atoms with van der Waals surface area (Å²) in [4.78, 5) is 24.4. The van der Waals surface area contributed by atoms with Crippen molar-refractivity contribution >= 4 is 11.9 Å².